The first kappa shape index (κ1) is 16.6. The van der Waals surface area contributed by atoms with E-state index in [1.165, 1.54) is 12.1 Å². The molecule has 1 aromatic rings. The second kappa shape index (κ2) is 6.57. The van der Waals surface area contributed by atoms with Crippen molar-refractivity contribution in [3.8, 4) is 0 Å². The molecule has 0 bridgehead atoms. The summed E-state index contributed by atoms with van der Waals surface area (Å²) in [7, 11) is 0. The minimum atomic E-state index is -0.488. The third-order valence-corrected chi connectivity index (χ3v) is 3.97. The molecule has 0 aromatic heterocycles. The Morgan fingerprint density at radius 2 is 1.68 bits per heavy atom. The Hall–Kier alpha value is -1.75. The van der Waals surface area contributed by atoms with Gasteiger partial charge in [-0.15, -0.1) is 0 Å². The van der Waals surface area contributed by atoms with E-state index in [1.807, 2.05) is 20.8 Å². The zero-order chi connectivity index (χ0) is 16.3. The summed E-state index contributed by atoms with van der Waals surface area (Å²) in [6.45, 7) is 8.46. The van der Waals surface area contributed by atoms with Crippen LogP contribution in [0, 0.1) is 11.2 Å². The van der Waals surface area contributed by atoms with Crippen molar-refractivity contribution in [3.05, 3.63) is 35.6 Å². The molecule has 1 saturated heterocycles. The maximum absolute atomic E-state index is 13.7. The van der Waals surface area contributed by atoms with Gasteiger partial charge in [0.25, 0.3) is 5.91 Å². The maximum atomic E-state index is 13.7. The van der Waals surface area contributed by atoms with Crippen molar-refractivity contribution in [1.82, 2.24) is 9.80 Å². The first-order valence-electron chi connectivity index (χ1n) is 7.58. The van der Waals surface area contributed by atoms with E-state index in [0.717, 1.165) is 0 Å². The van der Waals surface area contributed by atoms with Crippen molar-refractivity contribution < 1.29 is 14.0 Å². The topological polar surface area (TPSA) is 40.6 Å². The fourth-order valence-electron chi connectivity index (χ4n) is 2.35. The summed E-state index contributed by atoms with van der Waals surface area (Å²) >= 11 is 0. The number of halogens is 1. The SMILES string of the molecule is CC(C)(C)C(=O)CN1CCN(C(=O)c2ccccc2F)CC1. The Kier molecular flexibility index (Phi) is 4.96. The first-order valence-corrected chi connectivity index (χ1v) is 7.58. The Labute approximate surface area is 130 Å². The monoisotopic (exact) mass is 306 g/mol. The average Bonchev–Trinajstić information content (AvgIpc) is 2.47. The molecule has 2 rings (SSSR count). The molecule has 1 heterocycles. The molecule has 120 valence electrons. The Morgan fingerprint density at radius 1 is 1.09 bits per heavy atom. The minimum absolute atomic E-state index is 0.113. The van der Waals surface area contributed by atoms with Gasteiger partial charge in [-0.1, -0.05) is 32.9 Å². The summed E-state index contributed by atoms with van der Waals surface area (Å²) in [5.41, 5.74) is -0.234. The van der Waals surface area contributed by atoms with Crippen molar-refractivity contribution in [2.75, 3.05) is 32.7 Å². The maximum Gasteiger partial charge on any atom is 0.256 e. The van der Waals surface area contributed by atoms with Crippen LogP contribution in [0.3, 0.4) is 0 Å². The third-order valence-electron chi connectivity index (χ3n) is 3.97. The number of ketones is 1. The number of benzene rings is 1. The van der Waals surface area contributed by atoms with E-state index >= 15 is 0 Å². The van der Waals surface area contributed by atoms with Crippen LogP contribution in [0.2, 0.25) is 0 Å². The molecule has 1 aliphatic heterocycles. The van der Waals surface area contributed by atoms with Crippen LogP contribution in [0.15, 0.2) is 24.3 Å². The van der Waals surface area contributed by atoms with Crippen LogP contribution in [0.4, 0.5) is 4.39 Å². The summed E-state index contributed by atoms with van der Waals surface area (Å²) < 4.78 is 13.7. The van der Waals surface area contributed by atoms with Gasteiger partial charge >= 0.3 is 0 Å². The molecule has 1 aliphatic rings. The lowest BCUT2D eigenvalue weighted by molar-refractivity contribution is -0.127. The van der Waals surface area contributed by atoms with Gasteiger partial charge in [0.15, 0.2) is 5.78 Å². The third kappa shape index (κ3) is 3.91. The molecule has 0 spiro atoms. The van der Waals surface area contributed by atoms with Gasteiger partial charge in [0.05, 0.1) is 12.1 Å². The highest BCUT2D eigenvalue weighted by Crippen LogP contribution is 2.17. The molecule has 1 amide bonds. The van der Waals surface area contributed by atoms with Crippen molar-refractivity contribution in [3.63, 3.8) is 0 Å². The predicted molar refractivity (Wildman–Crippen MR) is 83.2 cm³/mol. The van der Waals surface area contributed by atoms with Gasteiger partial charge in [-0.25, -0.2) is 4.39 Å². The van der Waals surface area contributed by atoms with Crippen LogP contribution in [0.1, 0.15) is 31.1 Å². The molecule has 5 heteroatoms. The molecular weight excluding hydrogens is 283 g/mol. The highest BCUT2D eigenvalue weighted by molar-refractivity contribution is 5.94. The van der Waals surface area contributed by atoms with E-state index in [9.17, 15) is 14.0 Å². The Balaban J connectivity index is 1.91. The number of rotatable bonds is 3. The molecule has 0 N–H and O–H groups in total. The summed E-state index contributed by atoms with van der Waals surface area (Å²) in [5.74, 6) is -0.570. The lowest BCUT2D eigenvalue weighted by Crippen LogP contribution is -2.51. The molecule has 0 atom stereocenters. The lowest BCUT2D eigenvalue weighted by Gasteiger charge is -2.35. The number of hydrogen-bond donors (Lipinski definition) is 0. The van der Waals surface area contributed by atoms with Gasteiger partial charge in [-0.05, 0) is 12.1 Å². The highest BCUT2D eigenvalue weighted by atomic mass is 19.1. The van der Waals surface area contributed by atoms with Gasteiger partial charge < -0.3 is 4.90 Å². The Morgan fingerprint density at radius 3 is 2.23 bits per heavy atom. The van der Waals surface area contributed by atoms with Crippen molar-refractivity contribution in [2.45, 2.75) is 20.8 Å². The van der Waals surface area contributed by atoms with Crippen molar-refractivity contribution >= 4 is 11.7 Å². The summed E-state index contributed by atoms with van der Waals surface area (Å²) in [5, 5.41) is 0. The number of Topliss-reactive ketones (excluding diaryl/α,β-unsaturated/α-hetero) is 1. The summed E-state index contributed by atoms with van der Waals surface area (Å²) in [4.78, 5) is 28.1. The second-order valence-electron chi connectivity index (χ2n) is 6.72. The van der Waals surface area contributed by atoms with E-state index in [0.29, 0.717) is 32.7 Å². The van der Waals surface area contributed by atoms with E-state index in [1.54, 1.807) is 17.0 Å². The van der Waals surface area contributed by atoms with E-state index in [-0.39, 0.29) is 22.7 Å². The van der Waals surface area contributed by atoms with Crippen molar-refractivity contribution in [2.24, 2.45) is 5.41 Å². The van der Waals surface area contributed by atoms with Crippen LogP contribution in [-0.4, -0.2) is 54.2 Å². The van der Waals surface area contributed by atoms with Gasteiger partial charge in [-0.2, -0.15) is 0 Å². The van der Waals surface area contributed by atoms with Crippen LogP contribution in [0.25, 0.3) is 0 Å². The molecule has 4 nitrogen and oxygen atoms in total. The zero-order valence-corrected chi connectivity index (χ0v) is 13.4. The minimum Gasteiger partial charge on any atom is -0.336 e. The molecule has 0 radical (unpaired) electrons. The fourth-order valence-corrected chi connectivity index (χ4v) is 2.35. The average molecular weight is 306 g/mol. The molecule has 0 unspecified atom stereocenters. The number of hydrogen-bond acceptors (Lipinski definition) is 3. The number of amides is 1. The molecule has 22 heavy (non-hydrogen) atoms. The van der Waals surface area contributed by atoms with Crippen LogP contribution < -0.4 is 0 Å². The van der Waals surface area contributed by atoms with Crippen LogP contribution in [-0.2, 0) is 4.79 Å². The predicted octanol–water partition coefficient (Wildman–Crippen LogP) is 2.20. The fraction of sp³-hybridized carbons (Fsp3) is 0.529. The van der Waals surface area contributed by atoms with Gasteiger partial charge in [0, 0.05) is 31.6 Å². The molecule has 1 fully saturated rings. The molecule has 0 aliphatic carbocycles. The van der Waals surface area contributed by atoms with Gasteiger partial charge in [0.1, 0.15) is 5.82 Å². The van der Waals surface area contributed by atoms with E-state index in [2.05, 4.69) is 4.90 Å². The number of nitrogens with zero attached hydrogens (tertiary/aromatic N) is 2. The summed E-state index contributed by atoms with van der Waals surface area (Å²) in [6, 6.07) is 6.04. The largest absolute Gasteiger partial charge is 0.336 e. The van der Waals surface area contributed by atoms with E-state index in [4.69, 9.17) is 0 Å². The Bertz CT molecular complexity index is 558. The molecule has 1 aromatic carbocycles. The first-order chi connectivity index (χ1) is 10.3. The van der Waals surface area contributed by atoms with Gasteiger partial charge in [-0.3, -0.25) is 14.5 Å². The quantitative estimate of drug-likeness (QED) is 0.859. The second-order valence-corrected chi connectivity index (χ2v) is 6.72. The number of piperazine rings is 1. The van der Waals surface area contributed by atoms with Crippen LogP contribution >= 0.6 is 0 Å². The standard InChI is InChI=1S/C17H23FN2O2/c1-17(2,3)15(21)12-19-8-10-20(11-9-19)16(22)13-6-4-5-7-14(13)18/h4-7H,8-12H2,1-3H3. The number of carbonyl (C=O) groups excluding carboxylic acids is 2. The molecule has 0 saturated carbocycles. The smallest absolute Gasteiger partial charge is 0.256 e. The zero-order valence-electron chi connectivity index (χ0n) is 13.4. The normalized spacial score (nSPS) is 16.6. The lowest BCUT2D eigenvalue weighted by atomic mass is 9.90. The summed E-state index contributed by atoms with van der Waals surface area (Å²) in [6.07, 6.45) is 0. The van der Waals surface area contributed by atoms with Gasteiger partial charge in [0.2, 0.25) is 0 Å². The number of carbonyl (C=O) groups is 2. The molecular formula is C17H23FN2O2. The highest BCUT2D eigenvalue weighted by Gasteiger charge is 2.27. The van der Waals surface area contributed by atoms with E-state index < -0.39 is 5.82 Å². The van der Waals surface area contributed by atoms with Crippen LogP contribution in [0.5, 0.6) is 0 Å². The van der Waals surface area contributed by atoms with Crippen molar-refractivity contribution in [1.29, 1.82) is 0 Å².